The minimum atomic E-state index is -4.81. The Bertz CT molecular complexity index is 1520. The Morgan fingerprint density at radius 3 is 2.27 bits per heavy atom. The van der Waals surface area contributed by atoms with Crippen molar-refractivity contribution in [2.24, 2.45) is 11.8 Å². The molecule has 9 nitrogen and oxygen atoms in total. The lowest BCUT2D eigenvalue weighted by Gasteiger charge is -2.26. The van der Waals surface area contributed by atoms with Crippen LogP contribution in [0.2, 0.25) is 5.02 Å². The molecule has 0 amide bonds. The number of nitrogens with zero attached hydrogens (tertiary/aromatic N) is 3. The Morgan fingerprint density at radius 2 is 1.67 bits per heavy atom. The Hall–Kier alpha value is -3.00. The van der Waals surface area contributed by atoms with Crippen molar-refractivity contribution in [3.63, 3.8) is 0 Å². The minimum absolute atomic E-state index is 0.0913. The van der Waals surface area contributed by atoms with Gasteiger partial charge in [-0.3, -0.25) is 0 Å². The van der Waals surface area contributed by atoms with Crippen LogP contribution in [0.3, 0.4) is 0 Å². The van der Waals surface area contributed by atoms with Crippen molar-refractivity contribution in [1.29, 1.82) is 0 Å². The quantitative estimate of drug-likeness (QED) is 0.164. The number of aromatic nitrogens is 3. The number of pyridine rings is 1. The van der Waals surface area contributed by atoms with Gasteiger partial charge in [0.2, 0.25) is 0 Å². The molecule has 3 unspecified atom stereocenters. The Morgan fingerprint density at radius 1 is 1.00 bits per heavy atom. The van der Waals surface area contributed by atoms with E-state index in [1.54, 1.807) is 0 Å². The SMILES string of the molecule is CC.CC.CCC1c2nc(-c3cc(NC)c(Cl)c(C)c3C(F)(F)F)c(F)c3nc(OC)nc(c23)NCCNCCC1C.OCC1CCCNCC1. The highest BCUT2D eigenvalue weighted by atomic mass is 35.5. The van der Waals surface area contributed by atoms with Crippen LogP contribution >= 0.6 is 11.6 Å². The third-order valence-corrected chi connectivity index (χ3v) is 9.57. The number of ether oxygens (including phenoxy) is 1. The van der Waals surface area contributed by atoms with Gasteiger partial charge in [-0.1, -0.05) is 53.1 Å². The average molecular weight is 744 g/mol. The maximum absolute atomic E-state index is 16.4. The van der Waals surface area contributed by atoms with Crippen molar-refractivity contribution in [3.8, 4) is 17.3 Å². The fraction of sp³-hybridized carbons (Fsp3) is 0.649. The number of benzene rings is 1. The normalized spacial score (nSPS) is 19.3. The van der Waals surface area contributed by atoms with Crippen molar-refractivity contribution in [2.45, 2.75) is 92.7 Å². The molecule has 1 fully saturated rings. The zero-order chi connectivity index (χ0) is 38.3. The van der Waals surface area contributed by atoms with Crippen LogP contribution in [0.15, 0.2) is 6.07 Å². The number of anilines is 2. The van der Waals surface area contributed by atoms with Gasteiger partial charge in [0.15, 0.2) is 5.82 Å². The number of nitrogens with one attached hydrogen (secondary N) is 4. The van der Waals surface area contributed by atoms with E-state index in [1.165, 1.54) is 40.0 Å². The second-order valence-corrected chi connectivity index (χ2v) is 12.5. The summed E-state index contributed by atoms with van der Waals surface area (Å²) in [4.78, 5) is 13.3. The standard InChI is InChI=1S/C26H31ClF4N6O.C7H15NO.2C2H6/c1-6-14-12(2)7-8-33-9-10-34-24-17-21(14)35-22(20(28)23(17)36-25(37-24)38-5)15-11-16(32-4)19(27)13(3)18(15)26(29,30)31;9-6-7-2-1-4-8-5-3-7;2*1-2/h11-12,14,32-33H,6-10H2,1-5H3,(H,34,36,37);7-9H,1-6H2;2*1-2H3. The third-order valence-electron chi connectivity index (χ3n) is 9.08. The van der Waals surface area contributed by atoms with E-state index < -0.39 is 28.8 Å². The van der Waals surface area contributed by atoms with E-state index in [4.69, 9.17) is 21.4 Å². The summed E-state index contributed by atoms with van der Waals surface area (Å²) in [5.74, 6) is -0.192. The summed E-state index contributed by atoms with van der Waals surface area (Å²) in [5.41, 5.74) is -1.58. The van der Waals surface area contributed by atoms with Crippen LogP contribution in [0.1, 0.15) is 96.4 Å². The molecule has 0 spiro atoms. The van der Waals surface area contributed by atoms with E-state index in [1.807, 2.05) is 34.6 Å². The molecule has 288 valence electrons. The van der Waals surface area contributed by atoms with Crippen molar-refractivity contribution < 1.29 is 27.4 Å². The van der Waals surface area contributed by atoms with Gasteiger partial charge in [-0.15, -0.1) is 0 Å². The number of aliphatic hydroxyl groups is 1. The van der Waals surface area contributed by atoms with E-state index in [0.29, 0.717) is 48.9 Å². The molecule has 14 heteroatoms. The second kappa shape index (κ2) is 21.5. The first kappa shape index (κ1) is 44.2. The molecule has 0 saturated carbocycles. The van der Waals surface area contributed by atoms with Gasteiger partial charge in [0, 0.05) is 38.2 Å². The van der Waals surface area contributed by atoms with Gasteiger partial charge in [-0.2, -0.15) is 23.1 Å². The third kappa shape index (κ3) is 11.0. The van der Waals surface area contributed by atoms with Crippen molar-refractivity contribution >= 4 is 34.0 Å². The molecule has 1 aromatic carbocycles. The van der Waals surface area contributed by atoms with E-state index in [0.717, 1.165) is 32.5 Å². The Kier molecular flexibility index (Phi) is 18.6. The maximum atomic E-state index is 16.4. The van der Waals surface area contributed by atoms with Crippen molar-refractivity contribution in [3.05, 3.63) is 33.7 Å². The lowest BCUT2D eigenvalue weighted by molar-refractivity contribution is -0.137. The number of rotatable bonds is 5. The monoisotopic (exact) mass is 743 g/mol. The lowest BCUT2D eigenvalue weighted by atomic mass is 9.84. The Balaban J connectivity index is 0.000000591. The summed E-state index contributed by atoms with van der Waals surface area (Å²) in [6.07, 6.45) is 0.202. The topological polar surface area (TPSA) is 116 Å². The number of hydrogen-bond acceptors (Lipinski definition) is 9. The van der Waals surface area contributed by atoms with Gasteiger partial charge in [-0.25, -0.2) is 9.37 Å². The van der Waals surface area contributed by atoms with E-state index in [-0.39, 0.29) is 39.6 Å². The summed E-state index contributed by atoms with van der Waals surface area (Å²) in [7, 11) is 2.88. The molecule has 4 heterocycles. The molecule has 1 saturated heterocycles. The summed E-state index contributed by atoms with van der Waals surface area (Å²) < 4.78 is 64.8. The second-order valence-electron chi connectivity index (χ2n) is 12.2. The molecule has 2 aliphatic heterocycles. The van der Waals surface area contributed by atoms with E-state index >= 15 is 4.39 Å². The van der Waals surface area contributed by atoms with Gasteiger partial charge in [0.1, 0.15) is 17.0 Å². The largest absolute Gasteiger partial charge is 0.467 e. The maximum Gasteiger partial charge on any atom is 0.417 e. The average Bonchev–Trinajstić information content (AvgIpc) is 3.43. The molecule has 0 aliphatic carbocycles. The van der Waals surface area contributed by atoms with Crippen LogP contribution < -0.4 is 26.0 Å². The highest BCUT2D eigenvalue weighted by Crippen LogP contribution is 2.47. The number of halogens is 5. The first-order valence-corrected chi connectivity index (χ1v) is 18.6. The molecule has 3 atom stereocenters. The predicted molar refractivity (Wildman–Crippen MR) is 202 cm³/mol. The summed E-state index contributed by atoms with van der Waals surface area (Å²) in [6.45, 7) is 17.8. The molecule has 2 aromatic heterocycles. The number of aliphatic hydroxyl groups excluding tert-OH is 1. The highest BCUT2D eigenvalue weighted by molar-refractivity contribution is 6.34. The molecular weight excluding hydrogens is 686 g/mol. The highest BCUT2D eigenvalue weighted by Gasteiger charge is 2.39. The van der Waals surface area contributed by atoms with Gasteiger partial charge in [0.05, 0.1) is 34.5 Å². The van der Waals surface area contributed by atoms with E-state index in [2.05, 4.69) is 43.1 Å². The van der Waals surface area contributed by atoms with Crippen molar-refractivity contribution in [2.75, 3.05) is 64.1 Å². The first-order valence-electron chi connectivity index (χ1n) is 18.3. The summed E-state index contributed by atoms with van der Waals surface area (Å²) in [6, 6.07) is 1.09. The van der Waals surface area contributed by atoms with Crippen molar-refractivity contribution in [1.82, 2.24) is 25.6 Å². The molecule has 5 rings (SSSR count). The van der Waals surface area contributed by atoms with Crippen LogP contribution in [-0.2, 0) is 6.18 Å². The number of methoxy groups -OCH3 is 1. The van der Waals surface area contributed by atoms with Crippen LogP contribution in [0, 0.1) is 24.6 Å². The van der Waals surface area contributed by atoms with E-state index in [9.17, 15) is 13.2 Å². The molecule has 0 radical (unpaired) electrons. The molecule has 5 N–H and O–H groups in total. The molecule has 3 aromatic rings. The zero-order valence-electron chi connectivity index (χ0n) is 31.7. The van der Waals surface area contributed by atoms with Gasteiger partial charge in [-0.05, 0) is 82.1 Å². The number of alkyl halides is 3. The molecule has 2 aliphatic rings. The fourth-order valence-electron chi connectivity index (χ4n) is 6.44. The van der Waals surface area contributed by atoms with Crippen LogP contribution in [-0.4, -0.2) is 73.5 Å². The van der Waals surface area contributed by atoms with Gasteiger partial charge in [0.25, 0.3) is 0 Å². The van der Waals surface area contributed by atoms with Gasteiger partial charge < -0.3 is 31.1 Å². The smallest absolute Gasteiger partial charge is 0.417 e. The van der Waals surface area contributed by atoms with Gasteiger partial charge >= 0.3 is 12.2 Å². The minimum Gasteiger partial charge on any atom is -0.467 e. The fourth-order valence-corrected chi connectivity index (χ4v) is 6.68. The number of hydrogen-bond donors (Lipinski definition) is 5. The van der Waals surface area contributed by atoms with Crippen LogP contribution in [0.4, 0.5) is 29.1 Å². The summed E-state index contributed by atoms with van der Waals surface area (Å²) in [5, 5.41) is 21.7. The summed E-state index contributed by atoms with van der Waals surface area (Å²) >= 11 is 6.25. The predicted octanol–water partition coefficient (Wildman–Crippen LogP) is 8.82. The Labute approximate surface area is 306 Å². The van der Waals surface area contributed by atoms with Crippen LogP contribution in [0.5, 0.6) is 6.01 Å². The zero-order valence-corrected chi connectivity index (χ0v) is 32.4. The molecule has 51 heavy (non-hydrogen) atoms. The molecule has 0 bridgehead atoms. The van der Waals surface area contributed by atoms with Crippen LogP contribution in [0.25, 0.3) is 22.2 Å². The first-order chi connectivity index (χ1) is 24.5. The molecular formula is C37H58ClF4N7O2. The lowest BCUT2D eigenvalue weighted by Crippen LogP contribution is -2.24.